The van der Waals surface area contributed by atoms with Crippen LogP contribution >= 0.6 is 0 Å². The SMILES string of the molecule is [2H]C1([2H])[C@H](N(C(=O)O)C(C)(C)C)[C@@H](c2cc(F)ccc2F)OC([2H])(C(F)(F)F)C1([2H])N1Cc2cn[nH]c2C1. The zero-order chi connectivity index (χ0) is 28.6. The molecule has 2 aromatic rings. The molecule has 4 rings (SSSR count). The van der Waals surface area contributed by atoms with Crippen LogP contribution in [0.2, 0.25) is 0 Å². The Morgan fingerprint density at radius 3 is 2.62 bits per heavy atom. The van der Waals surface area contributed by atoms with Crippen LogP contribution in [0.3, 0.4) is 0 Å². The van der Waals surface area contributed by atoms with E-state index in [9.17, 15) is 31.9 Å². The van der Waals surface area contributed by atoms with Crippen LogP contribution in [0.5, 0.6) is 0 Å². The van der Waals surface area contributed by atoms with Crippen LogP contribution in [0.25, 0.3) is 0 Å². The number of carboxylic acid groups (broad SMARTS) is 1. The quantitative estimate of drug-likeness (QED) is 0.612. The predicted molar refractivity (Wildman–Crippen MR) is 110 cm³/mol. The Bertz CT molecular complexity index is 1240. The van der Waals surface area contributed by atoms with Crippen molar-refractivity contribution >= 4 is 6.09 Å². The Kier molecular flexibility index (Phi) is 4.88. The van der Waals surface area contributed by atoms with Crippen molar-refractivity contribution in [2.75, 3.05) is 0 Å². The highest BCUT2D eigenvalue weighted by molar-refractivity contribution is 5.66. The second kappa shape index (κ2) is 8.49. The van der Waals surface area contributed by atoms with Gasteiger partial charge < -0.3 is 9.84 Å². The first-order valence-corrected chi connectivity index (χ1v) is 10.3. The summed E-state index contributed by atoms with van der Waals surface area (Å²) in [4.78, 5) is 13.6. The summed E-state index contributed by atoms with van der Waals surface area (Å²) in [7, 11) is 0. The van der Waals surface area contributed by atoms with E-state index in [0.717, 1.165) is 0 Å². The summed E-state index contributed by atoms with van der Waals surface area (Å²) in [5.41, 5.74) is -1.82. The number of aromatic nitrogens is 2. The van der Waals surface area contributed by atoms with E-state index in [2.05, 4.69) is 10.2 Å². The first-order chi connectivity index (χ1) is 17.3. The summed E-state index contributed by atoms with van der Waals surface area (Å²) >= 11 is 0. The largest absolute Gasteiger partial charge is 0.465 e. The minimum absolute atomic E-state index is 0.276. The van der Waals surface area contributed by atoms with Crippen LogP contribution in [0.1, 0.15) is 55.6 Å². The Labute approximate surface area is 198 Å². The number of hydrogen-bond acceptors (Lipinski definition) is 4. The van der Waals surface area contributed by atoms with E-state index in [1.165, 1.54) is 27.0 Å². The van der Waals surface area contributed by atoms with Crippen molar-refractivity contribution in [3.8, 4) is 0 Å². The molecular weight excluding hydrogens is 463 g/mol. The molecule has 12 heteroatoms. The number of nitrogens with zero attached hydrogens (tertiary/aromatic N) is 3. The summed E-state index contributed by atoms with van der Waals surface area (Å²) in [6, 6.07) is -4.26. The lowest BCUT2D eigenvalue weighted by Crippen LogP contribution is -2.63. The number of ether oxygens (including phenoxy) is 1. The van der Waals surface area contributed by atoms with E-state index >= 15 is 0 Å². The van der Waals surface area contributed by atoms with Crippen LogP contribution in [0.15, 0.2) is 24.4 Å². The molecule has 2 unspecified atom stereocenters. The number of alkyl halides is 3. The predicted octanol–water partition coefficient (Wildman–Crippen LogP) is 4.61. The van der Waals surface area contributed by atoms with Crippen molar-refractivity contribution in [2.24, 2.45) is 0 Å². The minimum atomic E-state index is -5.74. The van der Waals surface area contributed by atoms with Crippen LogP contribution in [0.4, 0.5) is 26.7 Å². The second-order valence-corrected chi connectivity index (χ2v) is 9.02. The molecule has 1 fully saturated rings. The molecule has 186 valence electrons. The first-order valence-electron chi connectivity index (χ1n) is 12.3. The summed E-state index contributed by atoms with van der Waals surface area (Å²) < 4.78 is 114. The number of hydrogen-bond donors (Lipinski definition) is 2. The molecule has 0 spiro atoms. The monoisotopic (exact) mass is 492 g/mol. The molecule has 3 heterocycles. The molecule has 2 N–H and O–H groups in total. The Hall–Kier alpha value is -2.73. The molecule has 7 nitrogen and oxygen atoms in total. The average Bonchev–Trinajstić information content (AvgIpc) is 3.36. The van der Waals surface area contributed by atoms with Crippen molar-refractivity contribution < 1.29 is 42.1 Å². The van der Waals surface area contributed by atoms with E-state index < -0.39 is 78.7 Å². The standard InChI is InChI=1S/C22H25F5N4O3/c1-21(2,3)31(20(32)33)16-7-17(30-9-11-8-28-29-15(11)10-30)19(22(25,26)27)34-18(16)13-6-12(23)4-5-14(13)24/h4-6,8,16-19H,7,9-10H2,1-3H3,(H,28,29)(H,32,33)/t16-,17?,18+,19?/m0/s1/i7D2,17D,19D. The zero-order valence-corrected chi connectivity index (χ0v) is 18.4. The number of fused-ring (bicyclic) bond motifs is 1. The molecule has 1 saturated heterocycles. The van der Waals surface area contributed by atoms with Gasteiger partial charge in [0.15, 0.2) is 6.08 Å². The van der Waals surface area contributed by atoms with E-state index in [0.29, 0.717) is 33.6 Å². The van der Waals surface area contributed by atoms with Gasteiger partial charge in [-0.3, -0.25) is 14.9 Å². The lowest BCUT2D eigenvalue weighted by Gasteiger charge is -2.51. The molecule has 0 radical (unpaired) electrons. The lowest BCUT2D eigenvalue weighted by atomic mass is 9.85. The van der Waals surface area contributed by atoms with E-state index in [1.54, 1.807) is 0 Å². The fourth-order valence-electron chi connectivity index (χ4n) is 4.18. The number of rotatable bonds is 3. The molecule has 1 aromatic heterocycles. The summed E-state index contributed by atoms with van der Waals surface area (Å²) in [5, 5.41) is 16.4. The van der Waals surface area contributed by atoms with Crippen LogP contribution in [-0.2, 0) is 17.8 Å². The summed E-state index contributed by atoms with van der Waals surface area (Å²) in [6.45, 7) is 3.05. The van der Waals surface area contributed by atoms with Crippen LogP contribution in [0, 0.1) is 11.6 Å². The van der Waals surface area contributed by atoms with Crippen LogP contribution in [-0.4, -0.2) is 61.1 Å². The van der Waals surface area contributed by atoms with E-state index in [1.807, 2.05) is 0 Å². The third-order valence-corrected chi connectivity index (χ3v) is 5.59. The molecule has 2 aliphatic rings. The van der Waals surface area contributed by atoms with Crippen molar-refractivity contribution in [2.45, 2.75) is 76.2 Å². The molecule has 0 bridgehead atoms. The van der Waals surface area contributed by atoms with Gasteiger partial charge in [-0.15, -0.1) is 0 Å². The fraction of sp³-hybridized carbons (Fsp3) is 0.545. The number of benzene rings is 1. The third kappa shape index (κ3) is 4.48. The Balaban J connectivity index is 2.03. The normalized spacial score (nSPS) is 33.4. The maximum atomic E-state index is 15.0. The number of halogens is 5. The van der Waals surface area contributed by atoms with Crippen molar-refractivity contribution in [1.29, 1.82) is 0 Å². The number of aromatic amines is 1. The maximum absolute atomic E-state index is 15.0. The highest BCUT2D eigenvalue weighted by atomic mass is 19.4. The Morgan fingerprint density at radius 2 is 2.03 bits per heavy atom. The van der Waals surface area contributed by atoms with Crippen molar-refractivity contribution in [3.05, 3.63) is 52.9 Å². The van der Waals surface area contributed by atoms with Gasteiger partial charge in [-0.1, -0.05) is 0 Å². The van der Waals surface area contributed by atoms with Gasteiger partial charge in [0.25, 0.3) is 0 Å². The smallest absolute Gasteiger partial charge is 0.416 e. The fourth-order valence-corrected chi connectivity index (χ4v) is 4.18. The number of carbonyl (C=O) groups is 1. The van der Waals surface area contributed by atoms with Crippen molar-refractivity contribution in [1.82, 2.24) is 20.0 Å². The van der Waals surface area contributed by atoms with Gasteiger partial charge in [0.2, 0.25) is 0 Å². The van der Waals surface area contributed by atoms with Gasteiger partial charge in [-0.2, -0.15) is 18.3 Å². The highest BCUT2D eigenvalue weighted by Crippen LogP contribution is 2.45. The molecule has 1 aromatic carbocycles. The molecular formula is C22H25F5N4O3. The summed E-state index contributed by atoms with van der Waals surface area (Å²) in [5.74, 6) is -2.42. The van der Waals surface area contributed by atoms with Gasteiger partial charge in [-0.05, 0) is 45.3 Å². The molecule has 34 heavy (non-hydrogen) atoms. The summed E-state index contributed by atoms with van der Waals surface area (Å²) in [6.07, 6.45) is -16.7. The highest BCUT2D eigenvalue weighted by Gasteiger charge is 2.57. The average molecular weight is 492 g/mol. The third-order valence-electron chi connectivity index (χ3n) is 5.59. The van der Waals surface area contributed by atoms with E-state index in [-0.39, 0.29) is 5.69 Å². The number of amides is 1. The number of H-pyrrole nitrogens is 1. The van der Waals surface area contributed by atoms with Gasteiger partial charge in [-0.25, -0.2) is 13.6 Å². The minimum Gasteiger partial charge on any atom is -0.465 e. The lowest BCUT2D eigenvalue weighted by molar-refractivity contribution is -0.277. The first kappa shape index (κ1) is 19.6. The van der Waals surface area contributed by atoms with Crippen molar-refractivity contribution in [3.63, 3.8) is 0 Å². The molecule has 0 saturated carbocycles. The Morgan fingerprint density at radius 1 is 1.32 bits per heavy atom. The molecule has 1 amide bonds. The number of nitrogens with one attached hydrogen (secondary N) is 1. The topological polar surface area (TPSA) is 81.7 Å². The zero-order valence-electron chi connectivity index (χ0n) is 22.4. The molecule has 4 atom stereocenters. The molecule has 2 aliphatic heterocycles. The van der Waals surface area contributed by atoms with Crippen LogP contribution < -0.4 is 0 Å². The van der Waals surface area contributed by atoms with E-state index in [4.69, 9.17) is 10.2 Å². The molecule has 0 aliphatic carbocycles. The van der Waals surface area contributed by atoms with Gasteiger partial charge in [0.1, 0.15) is 17.7 Å². The van der Waals surface area contributed by atoms with Gasteiger partial charge in [0, 0.05) is 39.9 Å². The van der Waals surface area contributed by atoms with Gasteiger partial charge in [0.05, 0.1) is 19.3 Å². The maximum Gasteiger partial charge on any atom is 0.416 e. The second-order valence-electron chi connectivity index (χ2n) is 9.02. The van der Waals surface area contributed by atoms with Gasteiger partial charge >= 0.3 is 12.3 Å².